The second kappa shape index (κ2) is 7.37. The summed E-state index contributed by atoms with van der Waals surface area (Å²) in [6.07, 6.45) is 5.02. The van der Waals surface area contributed by atoms with Crippen molar-refractivity contribution in [2.75, 3.05) is 0 Å². The van der Waals surface area contributed by atoms with Gasteiger partial charge in [0.2, 0.25) is 0 Å². The van der Waals surface area contributed by atoms with Gasteiger partial charge in [0.25, 0.3) is 0 Å². The number of allylic oxidation sites excluding steroid dienone is 2. The molecule has 0 aliphatic rings. The van der Waals surface area contributed by atoms with E-state index in [4.69, 9.17) is 5.26 Å². The van der Waals surface area contributed by atoms with E-state index in [0.717, 1.165) is 0 Å². The fraction of sp³-hybridized carbons (Fsp3) is 0.158. The molecule has 1 N–H and O–H groups in total. The number of aryl methyl sites for hydroxylation is 1. The minimum Gasteiger partial charge on any atom is -0.478 e. The van der Waals surface area contributed by atoms with Gasteiger partial charge in [0.05, 0.1) is 17.2 Å². The molecule has 0 saturated carbocycles. The minimum absolute atomic E-state index is 0.0694. The summed E-state index contributed by atoms with van der Waals surface area (Å²) >= 11 is 0. The summed E-state index contributed by atoms with van der Waals surface area (Å²) in [6.45, 7) is 1.89. The van der Waals surface area contributed by atoms with Gasteiger partial charge in [-0.15, -0.1) is 0 Å². The fourth-order valence-corrected chi connectivity index (χ4v) is 2.39. The third-order valence-electron chi connectivity index (χ3n) is 3.57. The van der Waals surface area contributed by atoms with Crippen molar-refractivity contribution in [3.63, 3.8) is 0 Å². The van der Waals surface area contributed by atoms with Gasteiger partial charge < -0.3 is 5.11 Å². The molecule has 2 rings (SSSR count). The number of carboxylic acids is 1. The van der Waals surface area contributed by atoms with Gasteiger partial charge >= 0.3 is 5.97 Å². The van der Waals surface area contributed by atoms with Crippen LogP contribution in [0.1, 0.15) is 34.8 Å². The number of nitrogens with zero attached hydrogens (tertiary/aromatic N) is 1. The van der Waals surface area contributed by atoms with Crippen LogP contribution in [0.15, 0.2) is 48.6 Å². The largest absolute Gasteiger partial charge is 0.478 e. The Kier molecular flexibility index (Phi) is 5.27. The van der Waals surface area contributed by atoms with E-state index in [9.17, 15) is 14.3 Å². The van der Waals surface area contributed by atoms with Gasteiger partial charge in [-0.3, -0.25) is 0 Å². The molecule has 116 valence electrons. The molecule has 0 spiro atoms. The predicted molar refractivity (Wildman–Crippen MR) is 86.6 cm³/mol. The molecule has 0 unspecified atom stereocenters. The Labute approximate surface area is 134 Å². The average Bonchev–Trinajstić information content (AvgIpc) is 2.56. The van der Waals surface area contributed by atoms with E-state index in [1.807, 2.05) is 25.1 Å². The Bertz CT molecular complexity index is 786. The lowest BCUT2D eigenvalue weighted by Crippen LogP contribution is -2.04. The van der Waals surface area contributed by atoms with Gasteiger partial charge in [0.1, 0.15) is 5.82 Å². The molecule has 0 aliphatic carbocycles. The highest BCUT2D eigenvalue weighted by Gasteiger charge is 2.19. The molecule has 2 aromatic rings. The number of hydrogen-bond acceptors (Lipinski definition) is 2. The molecule has 0 atom stereocenters. The molecule has 3 nitrogen and oxygen atoms in total. The first-order valence-corrected chi connectivity index (χ1v) is 7.24. The highest BCUT2D eigenvalue weighted by atomic mass is 19.1. The number of carbonyl (C=O) groups is 1. The number of benzene rings is 2. The first-order chi connectivity index (χ1) is 11.1. The number of nitriles is 1. The molecule has 0 heterocycles. The van der Waals surface area contributed by atoms with E-state index in [-0.39, 0.29) is 11.1 Å². The molecule has 0 radical (unpaired) electrons. The van der Waals surface area contributed by atoms with Crippen molar-refractivity contribution in [3.05, 3.63) is 71.1 Å². The standard InChI is InChI=1S/C19H16FNO2/c1-2-3-4-5-15-10-11-16(19(22)23)17(18(15)20)14-8-6-13(12-21)7-9-14/h2-3,6-11H,4-5H2,1H3,(H,22,23)/b3-2+. The number of carboxylic acid groups (broad SMARTS) is 1. The van der Waals surface area contributed by atoms with E-state index >= 15 is 0 Å². The molecule has 0 fully saturated rings. The fourth-order valence-electron chi connectivity index (χ4n) is 2.39. The maximum atomic E-state index is 14.8. The van der Waals surface area contributed by atoms with Crippen molar-refractivity contribution in [1.82, 2.24) is 0 Å². The Hall–Kier alpha value is -2.93. The van der Waals surface area contributed by atoms with E-state index in [1.54, 1.807) is 24.3 Å². The molecule has 2 aromatic carbocycles. The summed E-state index contributed by atoms with van der Waals surface area (Å²) in [6, 6.07) is 11.2. The molecule has 0 aromatic heterocycles. The van der Waals surface area contributed by atoms with Crippen molar-refractivity contribution < 1.29 is 14.3 Å². The molecule has 0 amide bonds. The van der Waals surface area contributed by atoms with Crippen LogP contribution >= 0.6 is 0 Å². The van der Waals surface area contributed by atoms with Crippen molar-refractivity contribution >= 4 is 5.97 Å². The van der Waals surface area contributed by atoms with E-state index in [1.165, 1.54) is 12.1 Å². The van der Waals surface area contributed by atoms with Crippen LogP contribution in [-0.4, -0.2) is 11.1 Å². The van der Waals surface area contributed by atoms with Crippen LogP contribution < -0.4 is 0 Å². The maximum absolute atomic E-state index is 14.8. The van der Waals surface area contributed by atoms with Gasteiger partial charge in [-0.05, 0) is 49.1 Å². The molecule has 23 heavy (non-hydrogen) atoms. The number of halogens is 1. The van der Waals surface area contributed by atoms with E-state index < -0.39 is 11.8 Å². The highest BCUT2D eigenvalue weighted by Crippen LogP contribution is 2.30. The van der Waals surface area contributed by atoms with Crippen LogP contribution in [-0.2, 0) is 6.42 Å². The van der Waals surface area contributed by atoms with Gasteiger partial charge in [-0.1, -0.05) is 30.4 Å². The number of rotatable bonds is 5. The summed E-state index contributed by atoms with van der Waals surface area (Å²) in [4.78, 5) is 11.4. The SMILES string of the molecule is C/C=C/CCc1ccc(C(=O)O)c(-c2ccc(C#N)cc2)c1F. The molecule has 0 aliphatic heterocycles. The maximum Gasteiger partial charge on any atom is 0.336 e. The highest BCUT2D eigenvalue weighted by molar-refractivity contribution is 5.96. The topological polar surface area (TPSA) is 61.1 Å². The number of hydrogen-bond donors (Lipinski definition) is 1. The lowest BCUT2D eigenvalue weighted by atomic mass is 9.94. The molecular weight excluding hydrogens is 293 g/mol. The van der Waals surface area contributed by atoms with Crippen LogP contribution in [0.2, 0.25) is 0 Å². The van der Waals surface area contributed by atoms with Crippen molar-refractivity contribution in [1.29, 1.82) is 5.26 Å². The van der Waals surface area contributed by atoms with Crippen molar-refractivity contribution in [3.8, 4) is 17.2 Å². The Morgan fingerprint density at radius 2 is 1.96 bits per heavy atom. The number of aromatic carboxylic acids is 1. The second-order valence-corrected chi connectivity index (χ2v) is 5.06. The zero-order chi connectivity index (χ0) is 16.8. The van der Waals surface area contributed by atoms with Gasteiger partial charge in [0, 0.05) is 5.56 Å². The summed E-state index contributed by atoms with van der Waals surface area (Å²) < 4.78 is 14.8. The lowest BCUT2D eigenvalue weighted by molar-refractivity contribution is 0.0697. The van der Waals surface area contributed by atoms with Crippen LogP contribution in [0, 0.1) is 17.1 Å². The normalized spacial score (nSPS) is 10.7. The lowest BCUT2D eigenvalue weighted by Gasteiger charge is -2.12. The zero-order valence-corrected chi connectivity index (χ0v) is 12.7. The van der Waals surface area contributed by atoms with Gasteiger partial charge in [0.15, 0.2) is 0 Å². The zero-order valence-electron chi connectivity index (χ0n) is 12.7. The van der Waals surface area contributed by atoms with Crippen molar-refractivity contribution in [2.45, 2.75) is 19.8 Å². The third kappa shape index (κ3) is 3.64. The second-order valence-electron chi connectivity index (χ2n) is 5.06. The molecule has 0 bridgehead atoms. The minimum atomic E-state index is -1.18. The first kappa shape index (κ1) is 16.4. The third-order valence-corrected chi connectivity index (χ3v) is 3.57. The molecule has 4 heteroatoms. The smallest absolute Gasteiger partial charge is 0.336 e. The van der Waals surface area contributed by atoms with Crippen LogP contribution in [0.5, 0.6) is 0 Å². The van der Waals surface area contributed by atoms with Crippen LogP contribution in [0.3, 0.4) is 0 Å². The van der Waals surface area contributed by atoms with Gasteiger partial charge in [-0.2, -0.15) is 5.26 Å². The molecule has 0 saturated heterocycles. The predicted octanol–water partition coefficient (Wildman–Crippen LogP) is 4.57. The Morgan fingerprint density at radius 1 is 1.26 bits per heavy atom. The summed E-state index contributed by atoms with van der Waals surface area (Å²) in [5.74, 6) is -1.69. The van der Waals surface area contributed by atoms with E-state index in [2.05, 4.69) is 0 Å². The Balaban J connectivity index is 2.55. The van der Waals surface area contributed by atoms with Crippen molar-refractivity contribution in [2.24, 2.45) is 0 Å². The van der Waals surface area contributed by atoms with Gasteiger partial charge in [-0.25, -0.2) is 9.18 Å². The quantitative estimate of drug-likeness (QED) is 0.823. The van der Waals surface area contributed by atoms with Crippen LogP contribution in [0.4, 0.5) is 4.39 Å². The molecular formula is C19H16FNO2. The summed E-state index contributed by atoms with van der Waals surface area (Å²) in [5.41, 5.74) is 1.36. The average molecular weight is 309 g/mol. The monoisotopic (exact) mass is 309 g/mol. The Morgan fingerprint density at radius 3 is 2.52 bits per heavy atom. The van der Waals surface area contributed by atoms with Crippen LogP contribution in [0.25, 0.3) is 11.1 Å². The summed E-state index contributed by atoms with van der Waals surface area (Å²) in [5, 5.41) is 18.2. The summed E-state index contributed by atoms with van der Waals surface area (Å²) in [7, 11) is 0. The van der Waals surface area contributed by atoms with E-state index in [0.29, 0.717) is 29.5 Å². The first-order valence-electron chi connectivity index (χ1n) is 7.24.